The molecule has 0 aromatic heterocycles. The highest BCUT2D eigenvalue weighted by atomic mass is 79.9. The van der Waals surface area contributed by atoms with Crippen molar-refractivity contribution >= 4 is 26.0 Å². The predicted molar refractivity (Wildman–Crippen MR) is 86.4 cm³/mol. The van der Waals surface area contributed by atoms with E-state index in [-0.39, 0.29) is 16.8 Å². The highest BCUT2D eigenvalue weighted by molar-refractivity contribution is 9.10. The average Bonchev–Trinajstić information content (AvgIpc) is 2.98. The molecular formula is C16H15BrFNO2S. The van der Waals surface area contributed by atoms with Gasteiger partial charge in [-0.3, -0.25) is 0 Å². The van der Waals surface area contributed by atoms with Crippen LogP contribution in [-0.2, 0) is 10.0 Å². The zero-order chi connectivity index (χ0) is 15.7. The van der Waals surface area contributed by atoms with Crippen molar-refractivity contribution in [3.63, 3.8) is 0 Å². The Bertz CT molecular complexity index is 777. The van der Waals surface area contributed by atoms with Gasteiger partial charge in [0.2, 0.25) is 10.0 Å². The molecule has 22 heavy (non-hydrogen) atoms. The van der Waals surface area contributed by atoms with Gasteiger partial charge in [0.1, 0.15) is 5.82 Å². The maximum atomic E-state index is 13.4. The van der Waals surface area contributed by atoms with Crippen LogP contribution in [0.15, 0.2) is 57.9 Å². The summed E-state index contributed by atoms with van der Waals surface area (Å²) in [5, 5.41) is 0. The number of hydrogen-bond donors (Lipinski definition) is 0. The normalized spacial score (nSPS) is 19.5. The van der Waals surface area contributed by atoms with Crippen LogP contribution in [-0.4, -0.2) is 19.3 Å². The maximum absolute atomic E-state index is 13.4. The van der Waals surface area contributed by atoms with Crippen LogP contribution in [0.2, 0.25) is 0 Å². The number of benzene rings is 2. The van der Waals surface area contributed by atoms with E-state index in [4.69, 9.17) is 0 Å². The van der Waals surface area contributed by atoms with Crippen LogP contribution < -0.4 is 0 Å². The third-order valence-corrected chi connectivity index (χ3v) is 6.31. The van der Waals surface area contributed by atoms with Gasteiger partial charge in [-0.2, -0.15) is 4.31 Å². The van der Waals surface area contributed by atoms with Gasteiger partial charge in [0.25, 0.3) is 0 Å². The summed E-state index contributed by atoms with van der Waals surface area (Å²) < 4.78 is 41.4. The van der Waals surface area contributed by atoms with Gasteiger partial charge in [0, 0.05) is 11.0 Å². The SMILES string of the molecule is O=S(=O)(c1ccc(Br)cc1)N1CCC[C@H]1c1cccc(F)c1. The fourth-order valence-corrected chi connectivity index (χ4v) is 4.76. The first-order valence-corrected chi connectivity index (χ1v) is 9.25. The lowest BCUT2D eigenvalue weighted by Gasteiger charge is -2.24. The van der Waals surface area contributed by atoms with Crippen LogP contribution in [0.25, 0.3) is 0 Å². The molecule has 3 nitrogen and oxygen atoms in total. The standard InChI is InChI=1S/C16H15BrFNO2S/c17-13-6-8-15(9-7-13)22(20,21)19-10-2-5-16(19)12-3-1-4-14(18)11-12/h1,3-4,6-9,11,16H,2,5,10H2/t16-/m0/s1. The smallest absolute Gasteiger partial charge is 0.207 e. The van der Waals surface area contributed by atoms with Crippen molar-refractivity contribution < 1.29 is 12.8 Å². The summed E-state index contributed by atoms with van der Waals surface area (Å²) in [6.45, 7) is 0.458. The van der Waals surface area contributed by atoms with Gasteiger partial charge in [-0.15, -0.1) is 0 Å². The Morgan fingerprint density at radius 2 is 1.86 bits per heavy atom. The molecule has 1 fully saturated rings. The first-order chi connectivity index (χ1) is 10.5. The van der Waals surface area contributed by atoms with Crippen molar-refractivity contribution in [2.75, 3.05) is 6.54 Å². The van der Waals surface area contributed by atoms with Crippen LogP contribution in [0, 0.1) is 5.82 Å². The van der Waals surface area contributed by atoms with Crippen LogP contribution in [0.5, 0.6) is 0 Å². The van der Waals surface area contributed by atoms with E-state index in [9.17, 15) is 12.8 Å². The summed E-state index contributed by atoms with van der Waals surface area (Å²) in [6, 6.07) is 12.5. The van der Waals surface area contributed by atoms with E-state index in [1.165, 1.54) is 16.4 Å². The van der Waals surface area contributed by atoms with Crippen molar-refractivity contribution in [2.45, 2.75) is 23.8 Å². The molecule has 0 spiro atoms. The van der Waals surface area contributed by atoms with Crippen LogP contribution >= 0.6 is 15.9 Å². The molecular weight excluding hydrogens is 369 g/mol. The fraction of sp³-hybridized carbons (Fsp3) is 0.250. The number of halogens is 2. The molecule has 0 bridgehead atoms. The summed E-state index contributed by atoms with van der Waals surface area (Å²) in [4.78, 5) is 0.263. The molecule has 2 aromatic carbocycles. The molecule has 0 amide bonds. The Balaban J connectivity index is 1.97. The molecule has 6 heteroatoms. The van der Waals surface area contributed by atoms with Crippen LogP contribution in [0.4, 0.5) is 4.39 Å². The number of nitrogens with zero attached hydrogens (tertiary/aromatic N) is 1. The first-order valence-electron chi connectivity index (χ1n) is 7.01. The minimum Gasteiger partial charge on any atom is -0.207 e. The van der Waals surface area contributed by atoms with Crippen LogP contribution in [0.1, 0.15) is 24.4 Å². The van der Waals surface area contributed by atoms with E-state index >= 15 is 0 Å². The third kappa shape index (κ3) is 2.95. The molecule has 1 saturated heterocycles. The monoisotopic (exact) mass is 383 g/mol. The molecule has 1 aliphatic heterocycles. The maximum Gasteiger partial charge on any atom is 0.243 e. The Hall–Kier alpha value is -1.24. The van der Waals surface area contributed by atoms with Gasteiger partial charge < -0.3 is 0 Å². The van der Waals surface area contributed by atoms with Crippen LogP contribution in [0.3, 0.4) is 0 Å². The van der Waals surface area contributed by atoms with E-state index in [1.54, 1.807) is 36.4 Å². The molecule has 0 N–H and O–H groups in total. The van der Waals surface area contributed by atoms with E-state index in [0.717, 1.165) is 10.9 Å². The summed E-state index contributed by atoms with van der Waals surface area (Å²) >= 11 is 3.30. The summed E-state index contributed by atoms with van der Waals surface area (Å²) in [6.07, 6.45) is 1.48. The second-order valence-corrected chi connectivity index (χ2v) is 8.09. The Morgan fingerprint density at radius 1 is 1.14 bits per heavy atom. The van der Waals surface area contributed by atoms with E-state index in [1.807, 2.05) is 0 Å². The Kier molecular flexibility index (Phi) is 4.34. The molecule has 1 atom stereocenters. The zero-order valence-corrected chi connectivity index (χ0v) is 14.1. The second kappa shape index (κ2) is 6.10. The fourth-order valence-electron chi connectivity index (χ4n) is 2.82. The lowest BCUT2D eigenvalue weighted by Crippen LogP contribution is -2.30. The second-order valence-electron chi connectivity index (χ2n) is 5.28. The molecule has 3 rings (SSSR count). The van der Waals surface area contributed by atoms with E-state index in [0.29, 0.717) is 18.5 Å². The minimum absolute atomic E-state index is 0.263. The molecule has 2 aromatic rings. The number of hydrogen-bond acceptors (Lipinski definition) is 2. The molecule has 1 aliphatic rings. The predicted octanol–water partition coefficient (Wildman–Crippen LogP) is 4.11. The largest absolute Gasteiger partial charge is 0.243 e. The minimum atomic E-state index is -3.58. The van der Waals surface area contributed by atoms with Crippen molar-refractivity contribution in [1.82, 2.24) is 4.31 Å². The highest BCUT2D eigenvalue weighted by Crippen LogP contribution is 2.36. The number of sulfonamides is 1. The number of rotatable bonds is 3. The molecule has 0 unspecified atom stereocenters. The van der Waals surface area contributed by atoms with Gasteiger partial charge in [0.05, 0.1) is 10.9 Å². The lowest BCUT2D eigenvalue weighted by atomic mass is 10.1. The van der Waals surface area contributed by atoms with Gasteiger partial charge in [-0.25, -0.2) is 12.8 Å². The van der Waals surface area contributed by atoms with Crippen molar-refractivity contribution in [3.8, 4) is 0 Å². The zero-order valence-electron chi connectivity index (χ0n) is 11.7. The lowest BCUT2D eigenvalue weighted by molar-refractivity contribution is 0.395. The molecule has 0 radical (unpaired) electrons. The van der Waals surface area contributed by atoms with Gasteiger partial charge in [-0.05, 0) is 54.8 Å². The molecule has 0 aliphatic carbocycles. The summed E-state index contributed by atoms with van der Waals surface area (Å²) in [5.41, 5.74) is 0.707. The average molecular weight is 384 g/mol. The van der Waals surface area contributed by atoms with Crippen molar-refractivity contribution in [3.05, 3.63) is 64.4 Å². The van der Waals surface area contributed by atoms with Gasteiger partial charge in [-0.1, -0.05) is 28.1 Å². The molecule has 1 heterocycles. The van der Waals surface area contributed by atoms with Crippen molar-refractivity contribution in [1.29, 1.82) is 0 Å². The van der Waals surface area contributed by atoms with E-state index < -0.39 is 10.0 Å². The van der Waals surface area contributed by atoms with Gasteiger partial charge in [0.15, 0.2) is 0 Å². The van der Waals surface area contributed by atoms with Crippen molar-refractivity contribution in [2.24, 2.45) is 0 Å². The quantitative estimate of drug-likeness (QED) is 0.799. The first kappa shape index (κ1) is 15.6. The third-order valence-electron chi connectivity index (χ3n) is 3.86. The Morgan fingerprint density at radius 3 is 2.55 bits per heavy atom. The molecule has 0 saturated carbocycles. The topological polar surface area (TPSA) is 37.4 Å². The summed E-state index contributed by atoms with van der Waals surface area (Å²) in [7, 11) is -3.58. The highest BCUT2D eigenvalue weighted by Gasteiger charge is 2.36. The Labute approximate surface area is 137 Å². The van der Waals surface area contributed by atoms with Gasteiger partial charge >= 0.3 is 0 Å². The summed E-state index contributed by atoms with van der Waals surface area (Å²) in [5.74, 6) is -0.342. The van der Waals surface area contributed by atoms with E-state index in [2.05, 4.69) is 15.9 Å². The molecule has 116 valence electrons.